The van der Waals surface area contributed by atoms with Crippen molar-refractivity contribution >= 4 is 27.5 Å². The number of aromatic nitrogens is 2. The maximum atomic E-state index is 12.4. The van der Waals surface area contributed by atoms with E-state index in [0.29, 0.717) is 58.3 Å². The van der Waals surface area contributed by atoms with Gasteiger partial charge in [0.1, 0.15) is 5.02 Å². The van der Waals surface area contributed by atoms with Crippen LogP contribution < -0.4 is 10.1 Å². The summed E-state index contributed by atoms with van der Waals surface area (Å²) in [6, 6.07) is 0. The van der Waals surface area contributed by atoms with E-state index < -0.39 is 15.3 Å². The minimum atomic E-state index is -3.20. The zero-order valence-corrected chi connectivity index (χ0v) is 17.2. The molecule has 0 spiro atoms. The lowest BCUT2D eigenvalue weighted by Crippen LogP contribution is -2.51. The third kappa shape index (κ3) is 4.39. The summed E-state index contributed by atoms with van der Waals surface area (Å²) in [7, 11) is -3.20. The van der Waals surface area contributed by atoms with Gasteiger partial charge in [0.2, 0.25) is 15.9 Å². The number of carbonyl (C=O) groups excluding carboxylic acids is 1. The Labute approximate surface area is 164 Å². The monoisotopic (exact) mass is 419 g/mol. The maximum Gasteiger partial charge on any atom is 0.273 e. The molecular weight excluding hydrogens is 394 g/mol. The van der Waals surface area contributed by atoms with Crippen LogP contribution in [0, 0.1) is 0 Å². The molecule has 1 amide bonds. The molecule has 2 aliphatic rings. The van der Waals surface area contributed by atoms with Crippen LogP contribution in [0.4, 0.5) is 0 Å². The van der Waals surface area contributed by atoms with Crippen molar-refractivity contribution < 1.29 is 17.9 Å². The quantitative estimate of drug-likeness (QED) is 0.717. The molecule has 9 nitrogen and oxygen atoms in total. The van der Waals surface area contributed by atoms with E-state index in [0.717, 1.165) is 6.42 Å². The van der Waals surface area contributed by atoms with Crippen molar-refractivity contribution in [3.63, 3.8) is 0 Å². The molecule has 0 aromatic carbocycles. The first-order valence-electron chi connectivity index (χ1n) is 9.19. The van der Waals surface area contributed by atoms with Crippen molar-refractivity contribution in [3.8, 4) is 5.88 Å². The van der Waals surface area contributed by atoms with Crippen molar-refractivity contribution in [1.82, 2.24) is 24.3 Å². The predicted molar refractivity (Wildman–Crippen MR) is 102 cm³/mol. The second-order valence-electron chi connectivity index (χ2n) is 6.98. The van der Waals surface area contributed by atoms with Gasteiger partial charge in [-0.3, -0.25) is 9.69 Å². The van der Waals surface area contributed by atoms with Crippen LogP contribution in [-0.4, -0.2) is 84.4 Å². The number of hydrogen-bond donors (Lipinski definition) is 1. The van der Waals surface area contributed by atoms with E-state index in [-0.39, 0.29) is 16.6 Å². The highest BCUT2D eigenvalue weighted by atomic mass is 35.5. The fourth-order valence-corrected chi connectivity index (χ4v) is 4.70. The van der Waals surface area contributed by atoms with Gasteiger partial charge < -0.3 is 10.1 Å². The number of aryl methyl sites for hydroxylation is 1. The molecule has 152 valence electrons. The van der Waals surface area contributed by atoms with E-state index in [9.17, 15) is 13.2 Å². The van der Waals surface area contributed by atoms with Gasteiger partial charge in [0, 0.05) is 52.2 Å². The van der Waals surface area contributed by atoms with Crippen LogP contribution in [0.15, 0.2) is 0 Å². The standard InChI is InChI=1S/C16H26ClN5O4S/c1-12(2)27(24,25)21-9-7-20(8-10-21)6-4-18-15(23)14-13(17)16-22(19-14)5-3-11-26-16/h12H,3-11H2,1-2H3,(H,18,23). The summed E-state index contributed by atoms with van der Waals surface area (Å²) in [5.74, 6) is 0.127. The van der Waals surface area contributed by atoms with Gasteiger partial charge in [-0.05, 0) is 13.8 Å². The molecule has 0 atom stereocenters. The number of halogens is 1. The summed E-state index contributed by atoms with van der Waals surface area (Å²) in [6.45, 7) is 7.98. The number of ether oxygens (including phenoxy) is 1. The number of amides is 1. The Morgan fingerprint density at radius 2 is 1.96 bits per heavy atom. The summed E-state index contributed by atoms with van der Waals surface area (Å²) < 4.78 is 33.0. The number of fused-ring (bicyclic) bond motifs is 1. The lowest BCUT2D eigenvalue weighted by molar-refractivity contribution is 0.0939. The summed E-state index contributed by atoms with van der Waals surface area (Å²) >= 11 is 6.21. The van der Waals surface area contributed by atoms with Crippen LogP contribution in [0.3, 0.4) is 0 Å². The third-order valence-electron chi connectivity index (χ3n) is 4.82. The van der Waals surface area contributed by atoms with Gasteiger partial charge in [-0.2, -0.15) is 9.40 Å². The molecule has 1 aromatic heterocycles. The molecule has 0 radical (unpaired) electrons. The van der Waals surface area contributed by atoms with Crippen LogP contribution in [0.5, 0.6) is 5.88 Å². The Hall–Kier alpha value is -1.36. The minimum Gasteiger partial charge on any atom is -0.477 e. The van der Waals surface area contributed by atoms with E-state index in [1.807, 2.05) is 0 Å². The molecule has 1 saturated heterocycles. The van der Waals surface area contributed by atoms with Gasteiger partial charge in [0.05, 0.1) is 11.9 Å². The minimum absolute atomic E-state index is 0.182. The van der Waals surface area contributed by atoms with Gasteiger partial charge in [-0.1, -0.05) is 11.6 Å². The molecule has 0 aliphatic carbocycles. The number of nitrogens with one attached hydrogen (secondary N) is 1. The van der Waals surface area contributed by atoms with E-state index in [1.165, 1.54) is 0 Å². The Bertz CT molecular complexity index is 787. The lowest BCUT2D eigenvalue weighted by atomic mass is 10.3. The third-order valence-corrected chi connectivity index (χ3v) is 7.44. The number of hydrogen-bond acceptors (Lipinski definition) is 6. The number of nitrogens with zero attached hydrogens (tertiary/aromatic N) is 4. The SMILES string of the molecule is CC(C)S(=O)(=O)N1CCN(CCNC(=O)c2nn3c(c2Cl)OCCC3)CC1. The first kappa shape index (κ1) is 20.4. The van der Waals surface area contributed by atoms with E-state index >= 15 is 0 Å². The van der Waals surface area contributed by atoms with Crippen LogP contribution in [-0.2, 0) is 16.6 Å². The number of sulfonamides is 1. The molecular formula is C16H26ClN5O4S. The van der Waals surface area contributed by atoms with Gasteiger partial charge in [-0.15, -0.1) is 0 Å². The largest absolute Gasteiger partial charge is 0.477 e. The Balaban J connectivity index is 1.46. The molecule has 0 bridgehead atoms. The summed E-state index contributed by atoms with van der Waals surface area (Å²) in [4.78, 5) is 14.5. The molecule has 1 N–H and O–H groups in total. The number of rotatable bonds is 6. The van der Waals surface area contributed by atoms with Crippen molar-refractivity contribution in [1.29, 1.82) is 0 Å². The Morgan fingerprint density at radius 1 is 1.26 bits per heavy atom. The number of carbonyl (C=O) groups is 1. The fraction of sp³-hybridized carbons (Fsp3) is 0.750. The van der Waals surface area contributed by atoms with Crippen molar-refractivity contribution in [2.24, 2.45) is 0 Å². The average molecular weight is 420 g/mol. The van der Waals surface area contributed by atoms with Crippen LogP contribution >= 0.6 is 11.6 Å². The van der Waals surface area contributed by atoms with E-state index in [4.69, 9.17) is 16.3 Å². The average Bonchev–Trinajstić information content (AvgIpc) is 2.99. The lowest BCUT2D eigenvalue weighted by Gasteiger charge is -2.34. The number of piperazine rings is 1. The van der Waals surface area contributed by atoms with Gasteiger partial charge in [0.15, 0.2) is 5.69 Å². The highest BCUT2D eigenvalue weighted by Crippen LogP contribution is 2.30. The first-order valence-corrected chi connectivity index (χ1v) is 11.1. The van der Waals surface area contributed by atoms with Gasteiger partial charge in [-0.25, -0.2) is 13.1 Å². The molecule has 27 heavy (non-hydrogen) atoms. The van der Waals surface area contributed by atoms with Gasteiger partial charge >= 0.3 is 0 Å². The molecule has 1 fully saturated rings. The maximum absolute atomic E-state index is 12.4. The Morgan fingerprint density at radius 3 is 2.59 bits per heavy atom. The fourth-order valence-electron chi connectivity index (χ4n) is 3.16. The summed E-state index contributed by atoms with van der Waals surface area (Å²) in [6.07, 6.45) is 0.838. The van der Waals surface area contributed by atoms with Crippen LogP contribution in [0.1, 0.15) is 30.8 Å². The van der Waals surface area contributed by atoms with Crippen molar-refractivity contribution in [2.45, 2.75) is 32.1 Å². The summed E-state index contributed by atoms with van der Waals surface area (Å²) in [5.41, 5.74) is 0.182. The van der Waals surface area contributed by atoms with Gasteiger partial charge in [0.25, 0.3) is 5.91 Å². The molecule has 3 rings (SSSR count). The second kappa shape index (κ2) is 8.34. The summed E-state index contributed by atoms with van der Waals surface area (Å²) in [5, 5.41) is 6.90. The molecule has 0 saturated carbocycles. The van der Waals surface area contributed by atoms with Crippen molar-refractivity contribution in [3.05, 3.63) is 10.7 Å². The zero-order chi connectivity index (χ0) is 19.6. The smallest absolute Gasteiger partial charge is 0.273 e. The first-order chi connectivity index (χ1) is 12.8. The molecule has 1 aromatic rings. The predicted octanol–water partition coefficient (Wildman–Crippen LogP) is 0.405. The second-order valence-corrected chi connectivity index (χ2v) is 9.85. The Kier molecular flexibility index (Phi) is 6.29. The topological polar surface area (TPSA) is 96.8 Å². The highest BCUT2D eigenvalue weighted by molar-refractivity contribution is 7.89. The van der Waals surface area contributed by atoms with Crippen LogP contribution in [0.2, 0.25) is 5.02 Å². The highest BCUT2D eigenvalue weighted by Gasteiger charge is 2.29. The molecule has 2 aliphatic heterocycles. The van der Waals surface area contributed by atoms with E-state index in [2.05, 4.69) is 15.3 Å². The normalized spacial score (nSPS) is 19.0. The van der Waals surface area contributed by atoms with Crippen LogP contribution in [0.25, 0.3) is 0 Å². The zero-order valence-electron chi connectivity index (χ0n) is 15.6. The molecule has 11 heteroatoms. The van der Waals surface area contributed by atoms with Crippen molar-refractivity contribution in [2.75, 3.05) is 45.9 Å². The van der Waals surface area contributed by atoms with E-state index in [1.54, 1.807) is 22.8 Å². The molecule has 0 unspecified atom stereocenters. The molecule has 3 heterocycles.